The zero-order valence-electron chi connectivity index (χ0n) is 4.88. The van der Waals surface area contributed by atoms with Gasteiger partial charge in [0, 0.05) is 12.1 Å². The summed E-state index contributed by atoms with van der Waals surface area (Å²) < 4.78 is 0. The summed E-state index contributed by atoms with van der Waals surface area (Å²) >= 11 is 0. The molecule has 5 nitrogen and oxygen atoms in total. The first-order valence-electron chi connectivity index (χ1n) is 2.27. The van der Waals surface area contributed by atoms with E-state index in [1.54, 1.807) is 0 Å². The molecule has 0 aromatic rings. The Morgan fingerprint density at radius 1 is 1.56 bits per heavy atom. The van der Waals surface area contributed by atoms with E-state index in [1.807, 2.05) is 0 Å². The number of hydrogen-bond acceptors (Lipinski definition) is 3. The highest BCUT2D eigenvalue weighted by Gasteiger charge is 1.98. The van der Waals surface area contributed by atoms with Crippen molar-refractivity contribution in [2.45, 2.75) is 6.92 Å². The first-order valence-corrected chi connectivity index (χ1v) is 2.27. The summed E-state index contributed by atoms with van der Waals surface area (Å²) in [6, 6.07) is 0. The van der Waals surface area contributed by atoms with Crippen molar-refractivity contribution in [1.29, 1.82) is 0 Å². The van der Waals surface area contributed by atoms with Crippen LogP contribution in [-0.2, 0) is 9.59 Å². The molecule has 0 rings (SSSR count). The third-order valence-corrected chi connectivity index (χ3v) is 0.590. The highest BCUT2D eigenvalue weighted by Crippen LogP contribution is 1.68. The summed E-state index contributed by atoms with van der Waals surface area (Å²) in [5.74, 6) is -1.22. The number of nitrogens with one attached hydrogen (secondary N) is 1. The van der Waals surface area contributed by atoms with Crippen molar-refractivity contribution >= 4 is 11.8 Å². The molecule has 5 heteroatoms. The predicted octanol–water partition coefficient (Wildman–Crippen LogP) is -0.585. The Hall–Kier alpha value is -1.26. The standard InChI is InChI=1S/C4H6N2O3/c1-3(7)5-2-4(8)6-9/h2H2,1H3,(H,5,7). The van der Waals surface area contributed by atoms with Crippen molar-refractivity contribution < 1.29 is 9.59 Å². The zero-order chi connectivity index (χ0) is 7.28. The van der Waals surface area contributed by atoms with Crippen LogP contribution in [0, 0.1) is 4.91 Å². The molecule has 0 aliphatic heterocycles. The minimum atomic E-state index is -0.870. The topological polar surface area (TPSA) is 75.6 Å². The fourth-order valence-electron chi connectivity index (χ4n) is 0.232. The van der Waals surface area contributed by atoms with Crippen LogP contribution in [0.3, 0.4) is 0 Å². The van der Waals surface area contributed by atoms with Gasteiger partial charge in [0.1, 0.15) is 6.54 Å². The SMILES string of the molecule is CC(=O)NCC(=O)N=O. The maximum atomic E-state index is 10.1. The number of rotatable bonds is 2. The van der Waals surface area contributed by atoms with Gasteiger partial charge in [-0.3, -0.25) is 9.59 Å². The van der Waals surface area contributed by atoms with Crippen molar-refractivity contribution in [2.24, 2.45) is 5.18 Å². The van der Waals surface area contributed by atoms with E-state index in [-0.39, 0.29) is 12.5 Å². The molecule has 50 valence electrons. The van der Waals surface area contributed by atoms with Crippen LogP contribution in [0.25, 0.3) is 0 Å². The molecule has 0 aromatic carbocycles. The quantitative estimate of drug-likeness (QED) is 0.508. The largest absolute Gasteiger partial charge is 0.347 e. The number of amides is 2. The summed E-state index contributed by atoms with van der Waals surface area (Å²) in [5.41, 5.74) is 0. The molecular weight excluding hydrogens is 124 g/mol. The summed E-state index contributed by atoms with van der Waals surface area (Å²) in [6.07, 6.45) is 0. The van der Waals surface area contributed by atoms with Gasteiger partial charge in [-0.15, -0.1) is 4.91 Å². The Balaban J connectivity index is 3.39. The monoisotopic (exact) mass is 130 g/mol. The fourth-order valence-corrected chi connectivity index (χ4v) is 0.232. The van der Waals surface area contributed by atoms with Crippen molar-refractivity contribution in [1.82, 2.24) is 5.32 Å². The van der Waals surface area contributed by atoms with Crippen LogP contribution in [0.15, 0.2) is 5.18 Å². The molecule has 0 aliphatic rings. The third-order valence-electron chi connectivity index (χ3n) is 0.590. The molecule has 0 heterocycles. The van der Waals surface area contributed by atoms with Gasteiger partial charge in [-0.1, -0.05) is 0 Å². The van der Waals surface area contributed by atoms with Crippen molar-refractivity contribution in [3.8, 4) is 0 Å². The number of nitroso groups, excluding NO2 is 1. The summed E-state index contributed by atoms with van der Waals surface area (Å²) in [5, 5.41) is 4.17. The van der Waals surface area contributed by atoms with Gasteiger partial charge in [0.05, 0.1) is 0 Å². The molecule has 1 N–H and O–H groups in total. The van der Waals surface area contributed by atoms with Crippen LogP contribution in [0.1, 0.15) is 6.92 Å². The van der Waals surface area contributed by atoms with E-state index < -0.39 is 5.91 Å². The Labute approximate surface area is 51.4 Å². The van der Waals surface area contributed by atoms with Crippen molar-refractivity contribution in [2.75, 3.05) is 6.54 Å². The molecule has 0 aliphatic carbocycles. The highest BCUT2D eigenvalue weighted by atomic mass is 16.3. The van der Waals surface area contributed by atoms with Crippen LogP contribution in [0.2, 0.25) is 0 Å². The Morgan fingerprint density at radius 3 is 2.44 bits per heavy atom. The molecule has 0 saturated heterocycles. The lowest BCUT2D eigenvalue weighted by Gasteiger charge is -1.91. The summed E-state index contributed by atoms with van der Waals surface area (Å²) in [4.78, 5) is 29.4. The van der Waals surface area contributed by atoms with E-state index >= 15 is 0 Å². The van der Waals surface area contributed by atoms with E-state index in [2.05, 4.69) is 10.5 Å². The van der Waals surface area contributed by atoms with Crippen LogP contribution in [-0.4, -0.2) is 18.4 Å². The first kappa shape index (κ1) is 7.74. The van der Waals surface area contributed by atoms with Gasteiger partial charge in [0.2, 0.25) is 5.91 Å². The molecule has 0 spiro atoms. The molecule has 0 bridgehead atoms. The Bertz CT molecular complexity index is 143. The van der Waals surface area contributed by atoms with Gasteiger partial charge in [-0.05, 0) is 0 Å². The lowest BCUT2D eigenvalue weighted by Crippen LogP contribution is -2.25. The molecule has 0 saturated carbocycles. The van der Waals surface area contributed by atoms with Gasteiger partial charge in [0.25, 0.3) is 0 Å². The van der Waals surface area contributed by atoms with E-state index in [0.29, 0.717) is 0 Å². The molecule has 0 radical (unpaired) electrons. The second-order valence-electron chi connectivity index (χ2n) is 1.39. The van der Waals surface area contributed by atoms with E-state index in [1.165, 1.54) is 6.92 Å². The summed E-state index contributed by atoms with van der Waals surface area (Å²) in [6.45, 7) is 0.941. The van der Waals surface area contributed by atoms with E-state index in [0.717, 1.165) is 0 Å². The van der Waals surface area contributed by atoms with E-state index in [9.17, 15) is 14.5 Å². The van der Waals surface area contributed by atoms with Gasteiger partial charge in [0.15, 0.2) is 0 Å². The molecule has 0 aromatic heterocycles. The third kappa shape index (κ3) is 4.60. The van der Waals surface area contributed by atoms with Crippen molar-refractivity contribution in [3.63, 3.8) is 0 Å². The fraction of sp³-hybridized carbons (Fsp3) is 0.500. The Morgan fingerprint density at radius 2 is 2.11 bits per heavy atom. The lowest BCUT2D eigenvalue weighted by molar-refractivity contribution is -0.123. The minimum absolute atomic E-state index is 0.307. The normalized spacial score (nSPS) is 8.11. The van der Waals surface area contributed by atoms with Crippen LogP contribution >= 0.6 is 0 Å². The van der Waals surface area contributed by atoms with Gasteiger partial charge >= 0.3 is 5.91 Å². The Kier molecular flexibility index (Phi) is 3.19. The number of hydrogen-bond donors (Lipinski definition) is 1. The van der Waals surface area contributed by atoms with Gasteiger partial charge < -0.3 is 5.32 Å². The number of nitrogens with zero attached hydrogens (tertiary/aromatic N) is 1. The molecule has 0 unspecified atom stereocenters. The predicted molar refractivity (Wildman–Crippen MR) is 29.5 cm³/mol. The molecule has 0 atom stereocenters. The second kappa shape index (κ2) is 3.71. The average molecular weight is 130 g/mol. The van der Waals surface area contributed by atoms with Gasteiger partial charge in [-0.25, -0.2) is 0 Å². The second-order valence-corrected chi connectivity index (χ2v) is 1.39. The van der Waals surface area contributed by atoms with E-state index in [4.69, 9.17) is 0 Å². The minimum Gasteiger partial charge on any atom is -0.347 e. The smallest absolute Gasteiger partial charge is 0.305 e. The molecule has 2 amide bonds. The maximum absolute atomic E-state index is 10.1. The average Bonchev–Trinajstić information content (AvgIpc) is 1.83. The number of carbonyl (C=O) groups excluding carboxylic acids is 2. The highest BCUT2D eigenvalue weighted by molar-refractivity contribution is 5.83. The van der Waals surface area contributed by atoms with Crippen LogP contribution < -0.4 is 5.32 Å². The van der Waals surface area contributed by atoms with Crippen LogP contribution in [0.5, 0.6) is 0 Å². The lowest BCUT2D eigenvalue weighted by atomic mass is 10.6. The number of carbonyl (C=O) groups is 2. The summed E-state index contributed by atoms with van der Waals surface area (Å²) in [7, 11) is 0. The maximum Gasteiger partial charge on any atom is 0.305 e. The zero-order valence-corrected chi connectivity index (χ0v) is 4.88. The first-order chi connectivity index (χ1) is 4.16. The van der Waals surface area contributed by atoms with Gasteiger partial charge in [-0.2, -0.15) is 0 Å². The molecule has 0 fully saturated rings. The van der Waals surface area contributed by atoms with Crippen molar-refractivity contribution in [3.05, 3.63) is 4.91 Å². The van der Waals surface area contributed by atoms with Crippen LogP contribution in [0.4, 0.5) is 0 Å². The molecule has 9 heavy (non-hydrogen) atoms. The molecular formula is C4H6N2O3.